The minimum atomic E-state index is 0.211. The molecule has 19 heavy (non-hydrogen) atoms. The van der Waals surface area contributed by atoms with Crippen molar-refractivity contribution in [2.45, 2.75) is 31.8 Å². The highest BCUT2D eigenvalue weighted by molar-refractivity contribution is 5.47. The monoisotopic (exact) mass is 263 g/mol. The molecule has 104 valence electrons. The van der Waals surface area contributed by atoms with Gasteiger partial charge in [0.2, 0.25) is 0 Å². The summed E-state index contributed by atoms with van der Waals surface area (Å²) in [7, 11) is 0. The Kier molecular flexibility index (Phi) is 3.89. The molecule has 0 amide bonds. The summed E-state index contributed by atoms with van der Waals surface area (Å²) in [5, 5.41) is 9.18. The molecule has 0 atom stereocenters. The summed E-state index contributed by atoms with van der Waals surface area (Å²) in [5.74, 6) is 1.75. The highest BCUT2D eigenvalue weighted by atomic mass is 16.5. The van der Waals surface area contributed by atoms with Crippen LogP contribution in [-0.4, -0.2) is 42.4 Å². The first-order valence-corrected chi connectivity index (χ1v) is 7.11. The van der Waals surface area contributed by atoms with Gasteiger partial charge in [-0.2, -0.15) is 0 Å². The number of nitrogens with zero attached hydrogens (tertiary/aromatic N) is 1. The molecular formula is C15H21NO3. The lowest BCUT2D eigenvalue weighted by Crippen LogP contribution is -2.28. The molecule has 0 bridgehead atoms. The number of hydrogen-bond donors (Lipinski definition) is 1. The second-order valence-electron chi connectivity index (χ2n) is 5.22. The number of ether oxygens (including phenoxy) is 2. The summed E-state index contributed by atoms with van der Waals surface area (Å²) in [5.41, 5.74) is 1.17. The molecule has 1 heterocycles. The first-order valence-electron chi connectivity index (χ1n) is 7.11. The van der Waals surface area contributed by atoms with Crippen molar-refractivity contribution < 1.29 is 14.6 Å². The van der Waals surface area contributed by atoms with Crippen molar-refractivity contribution in [2.75, 3.05) is 26.4 Å². The van der Waals surface area contributed by atoms with Crippen LogP contribution in [0, 0.1) is 0 Å². The van der Waals surface area contributed by atoms with Crippen molar-refractivity contribution in [2.24, 2.45) is 0 Å². The quantitative estimate of drug-likeness (QED) is 0.879. The molecule has 0 radical (unpaired) electrons. The first-order chi connectivity index (χ1) is 9.38. The Morgan fingerprint density at radius 2 is 2.05 bits per heavy atom. The standard InChI is InChI=1S/C15H21NO3/c17-8-7-16(13-5-6-13)11-12-3-1-4-14-15(12)19-10-2-9-18-14/h1,3-4,13,17H,2,5-11H2. The van der Waals surface area contributed by atoms with Crippen LogP contribution in [0.4, 0.5) is 0 Å². The average Bonchev–Trinajstić information content (AvgIpc) is 3.25. The van der Waals surface area contributed by atoms with Crippen molar-refractivity contribution in [1.29, 1.82) is 0 Å². The second-order valence-corrected chi connectivity index (χ2v) is 5.22. The number of para-hydroxylation sites is 1. The molecule has 4 nitrogen and oxygen atoms in total. The van der Waals surface area contributed by atoms with Crippen LogP contribution in [0.2, 0.25) is 0 Å². The lowest BCUT2D eigenvalue weighted by molar-refractivity contribution is 0.181. The topological polar surface area (TPSA) is 41.9 Å². The van der Waals surface area contributed by atoms with Gasteiger partial charge in [-0.1, -0.05) is 12.1 Å². The van der Waals surface area contributed by atoms with Gasteiger partial charge >= 0.3 is 0 Å². The molecular weight excluding hydrogens is 242 g/mol. The maximum Gasteiger partial charge on any atom is 0.165 e. The van der Waals surface area contributed by atoms with Crippen LogP contribution in [0.5, 0.6) is 11.5 Å². The van der Waals surface area contributed by atoms with Gasteiger partial charge in [0.25, 0.3) is 0 Å². The van der Waals surface area contributed by atoms with Crippen molar-refractivity contribution in [3.05, 3.63) is 23.8 Å². The van der Waals surface area contributed by atoms with E-state index >= 15 is 0 Å². The first kappa shape index (κ1) is 12.8. The molecule has 1 fully saturated rings. The van der Waals surface area contributed by atoms with Crippen molar-refractivity contribution in [3.8, 4) is 11.5 Å². The molecule has 1 N–H and O–H groups in total. The van der Waals surface area contributed by atoms with Crippen LogP contribution >= 0.6 is 0 Å². The molecule has 0 aromatic heterocycles. The van der Waals surface area contributed by atoms with Gasteiger partial charge < -0.3 is 14.6 Å². The normalized spacial score (nSPS) is 18.4. The SMILES string of the molecule is OCCN(Cc1cccc2c1OCCCO2)C1CC1. The average molecular weight is 263 g/mol. The van der Waals surface area contributed by atoms with Gasteiger partial charge in [0, 0.05) is 31.1 Å². The van der Waals surface area contributed by atoms with Gasteiger partial charge in [-0.05, 0) is 18.9 Å². The van der Waals surface area contributed by atoms with Crippen molar-refractivity contribution in [1.82, 2.24) is 4.90 Å². The van der Waals surface area contributed by atoms with Gasteiger partial charge in [0.05, 0.1) is 19.8 Å². The largest absolute Gasteiger partial charge is 0.490 e. The lowest BCUT2D eigenvalue weighted by atomic mass is 10.1. The maximum absolute atomic E-state index is 9.18. The Morgan fingerprint density at radius 1 is 1.21 bits per heavy atom. The zero-order valence-corrected chi connectivity index (χ0v) is 11.2. The van der Waals surface area contributed by atoms with E-state index in [1.54, 1.807) is 0 Å². The van der Waals surface area contributed by atoms with Crippen molar-refractivity contribution in [3.63, 3.8) is 0 Å². The highest BCUT2D eigenvalue weighted by Gasteiger charge is 2.29. The fourth-order valence-corrected chi connectivity index (χ4v) is 2.56. The van der Waals surface area contributed by atoms with Gasteiger partial charge in [0.15, 0.2) is 11.5 Å². The van der Waals surface area contributed by atoms with E-state index in [-0.39, 0.29) is 6.61 Å². The number of fused-ring (bicyclic) bond motifs is 1. The molecule has 1 aromatic carbocycles. The van der Waals surface area contributed by atoms with E-state index in [0.29, 0.717) is 12.6 Å². The highest BCUT2D eigenvalue weighted by Crippen LogP contribution is 2.36. The third kappa shape index (κ3) is 3.01. The molecule has 4 heteroatoms. The number of rotatable bonds is 5. The fraction of sp³-hybridized carbons (Fsp3) is 0.600. The summed E-state index contributed by atoms with van der Waals surface area (Å²) in [6.45, 7) is 3.21. The predicted molar refractivity (Wildman–Crippen MR) is 72.6 cm³/mol. The maximum atomic E-state index is 9.18. The number of aliphatic hydroxyl groups excluding tert-OH is 1. The summed E-state index contributed by atoms with van der Waals surface area (Å²) in [6, 6.07) is 6.72. The van der Waals surface area contributed by atoms with Crippen LogP contribution in [-0.2, 0) is 6.54 Å². The smallest absolute Gasteiger partial charge is 0.165 e. The van der Waals surface area contributed by atoms with Gasteiger partial charge in [0.1, 0.15) is 0 Å². The van der Waals surface area contributed by atoms with Crippen LogP contribution < -0.4 is 9.47 Å². The van der Waals surface area contributed by atoms with Gasteiger partial charge in [-0.3, -0.25) is 4.90 Å². The van der Waals surface area contributed by atoms with E-state index in [0.717, 1.165) is 37.6 Å². The Balaban J connectivity index is 1.79. The summed E-state index contributed by atoms with van der Waals surface area (Å²) < 4.78 is 11.6. The lowest BCUT2D eigenvalue weighted by Gasteiger charge is -2.22. The molecule has 0 spiro atoms. The molecule has 0 saturated heterocycles. The third-order valence-corrected chi connectivity index (χ3v) is 3.68. The third-order valence-electron chi connectivity index (χ3n) is 3.68. The number of aliphatic hydroxyl groups is 1. The minimum absolute atomic E-state index is 0.211. The zero-order valence-electron chi connectivity index (χ0n) is 11.2. The van der Waals surface area contributed by atoms with E-state index in [4.69, 9.17) is 9.47 Å². The van der Waals surface area contributed by atoms with E-state index in [2.05, 4.69) is 11.0 Å². The van der Waals surface area contributed by atoms with Crippen molar-refractivity contribution >= 4 is 0 Å². The number of benzene rings is 1. The van der Waals surface area contributed by atoms with Crippen LogP contribution in [0.1, 0.15) is 24.8 Å². The van der Waals surface area contributed by atoms with Crippen LogP contribution in [0.15, 0.2) is 18.2 Å². The fourth-order valence-electron chi connectivity index (χ4n) is 2.56. The number of hydrogen-bond acceptors (Lipinski definition) is 4. The molecule has 0 unspecified atom stereocenters. The van der Waals surface area contributed by atoms with E-state index in [9.17, 15) is 5.11 Å². The minimum Gasteiger partial charge on any atom is -0.490 e. The van der Waals surface area contributed by atoms with E-state index in [1.807, 2.05) is 12.1 Å². The Bertz CT molecular complexity index is 431. The predicted octanol–water partition coefficient (Wildman–Crippen LogP) is 1.80. The Labute approximate surface area is 113 Å². The summed E-state index contributed by atoms with van der Waals surface area (Å²) >= 11 is 0. The zero-order chi connectivity index (χ0) is 13.1. The molecule has 1 aliphatic heterocycles. The van der Waals surface area contributed by atoms with Crippen LogP contribution in [0.25, 0.3) is 0 Å². The summed E-state index contributed by atoms with van der Waals surface area (Å²) in [4.78, 5) is 2.34. The van der Waals surface area contributed by atoms with Gasteiger partial charge in [-0.15, -0.1) is 0 Å². The van der Waals surface area contributed by atoms with E-state index < -0.39 is 0 Å². The Hall–Kier alpha value is -1.26. The molecule has 1 aromatic rings. The summed E-state index contributed by atoms with van der Waals surface area (Å²) in [6.07, 6.45) is 3.41. The van der Waals surface area contributed by atoms with Gasteiger partial charge in [-0.25, -0.2) is 0 Å². The second kappa shape index (κ2) is 5.80. The molecule has 3 rings (SSSR count). The molecule has 2 aliphatic rings. The Morgan fingerprint density at radius 3 is 2.84 bits per heavy atom. The molecule has 1 saturated carbocycles. The van der Waals surface area contributed by atoms with Crippen LogP contribution in [0.3, 0.4) is 0 Å². The van der Waals surface area contributed by atoms with E-state index in [1.165, 1.54) is 18.4 Å². The molecule has 1 aliphatic carbocycles.